The summed E-state index contributed by atoms with van der Waals surface area (Å²) >= 11 is 5.80. The number of halogens is 4. The highest BCUT2D eigenvalue weighted by Crippen LogP contribution is 2.29. The van der Waals surface area contributed by atoms with Gasteiger partial charge in [0, 0.05) is 11.8 Å². The molecular formula is C11H8ClF3N4. The van der Waals surface area contributed by atoms with Gasteiger partial charge in [-0.15, -0.1) is 0 Å². The Hall–Kier alpha value is -1.89. The molecule has 8 heteroatoms. The molecule has 0 fully saturated rings. The van der Waals surface area contributed by atoms with Gasteiger partial charge in [-0.25, -0.2) is 15.0 Å². The molecule has 2 aromatic rings. The predicted molar refractivity (Wildman–Crippen MR) is 64.3 cm³/mol. The Bertz CT molecular complexity index is 583. The van der Waals surface area contributed by atoms with Gasteiger partial charge in [0.15, 0.2) is 0 Å². The maximum absolute atomic E-state index is 12.4. The molecule has 0 saturated heterocycles. The number of aromatic nitrogens is 3. The number of anilines is 2. The predicted octanol–water partition coefficient (Wildman–Crippen LogP) is 3.60. The van der Waals surface area contributed by atoms with Crippen LogP contribution in [0.3, 0.4) is 0 Å². The Labute approximate surface area is 111 Å². The molecule has 0 radical (unpaired) electrons. The zero-order valence-electron chi connectivity index (χ0n) is 9.66. The second kappa shape index (κ2) is 5.00. The van der Waals surface area contributed by atoms with Crippen molar-refractivity contribution in [2.75, 3.05) is 5.32 Å². The van der Waals surface area contributed by atoms with Crippen molar-refractivity contribution in [2.45, 2.75) is 13.1 Å². The molecule has 1 N–H and O–H groups in total. The first-order chi connectivity index (χ1) is 8.88. The summed E-state index contributed by atoms with van der Waals surface area (Å²) in [7, 11) is 0. The third kappa shape index (κ3) is 3.11. The van der Waals surface area contributed by atoms with Crippen molar-refractivity contribution >= 4 is 23.2 Å². The molecule has 100 valence electrons. The molecular weight excluding hydrogens is 281 g/mol. The number of nitrogens with one attached hydrogen (secondary N) is 1. The minimum Gasteiger partial charge on any atom is -0.325 e. The Morgan fingerprint density at radius 2 is 1.89 bits per heavy atom. The fourth-order valence-corrected chi connectivity index (χ4v) is 1.44. The van der Waals surface area contributed by atoms with E-state index in [9.17, 15) is 13.2 Å². The lowest BCUT2D eigenvalue weighted by atomic mass is 10.2. The van der Waals surface area contributed by atoms with Crippen LogP contribution in [0.25, 0.3) is 0 Å². The molecule has 0 bridgehead atoms. The molecule has 0 aliphatic heterocycles. The van der Waals surface area contributed by atoms with Crippen molar-refractivity contribution in [3.63, 3.8) is 0 Å². The molecule has 19 heavy (non-hydrogen) atoms. The molecule has 0 spiro atoms. The van der Waals surface area contributed by atoms with Crippen LogP contribution < -0.4 is 5.32 Å². The van der Waals surface area contributed by atoms with Crippen LogP contribution in [0, 0.1) is 6.92 Å². The van der Waals surface area contributed by atoms with E-state index < -0.39 is 11.7 Å². The minimum absolute atomic E-state index is 0.242. The Kier molecular flexibility index (Phi) is 3.57. The summed E-state index contributed by atoms with van der Waals surface area (Å²) in [5.41, 5.74) is -0.221. The van der Waals surface area contributed by atoms with Gasteiger partial charge >= 0.3 is 6.18 Å². The van der Waals surface area contributed by atoms with Gasteiger partial charge in [-0.2, -0.15) is 13.2 Å². The van der Waals surface area contributed by atoms with Crippen LogP contribution in [-0.2, 0) is 6.18 Å². The summed E-state index contributed by atoms with van der Waals surface area (Å²) in [5, 5.41) is 3.05. The first-order valence-corrected chi connectivity index (χ1v) is 5.53. The van der Waals surface area contributed by atoms with Crippen molar-refractivity contribution in [3.05, 3.63) is 40.9 Å². The number of rotatable bonds is 2. The van der Waals surface area contributed by atoms with Gasteiger partial charge in [0.25, 0.3) is 0 Å². The number of hydrogen-bond donors (Lipinski definition) is 1. The van der Waals surface area contributed by atoms with E-state index in [-0.39, 0.29) is 11.0 Å². The lowest BCUT2D eigenvalue weighted by Gasteiger charge is -2.09. The summed E-state index contributed by atoms with van der Waals surface area (Å²) in [6.07, 6.45) is -2.40. The van der Waals surface area contributed by atoms with Crippen LogP contribution in [0.4, 0.5) is 24.8 Å². The van der Waals surface area contributed by atoms with Gasteiger partial charge in [-0.05, 0) is 19.1 Å². The molecule has 0 atom stereocenters. The largest absolute Gasteiger partial charge is 0.417 e. The zero-order chi connectivity index (χ0) is 14.0. The van der Waals surface area contributed by atoms with E-state index in [0.717, 1.165) is 12.3 Å². The third-order valence-corrected chi connectivity index (χ3v) is 2.74. The van der Waals surface area contributed by atoms with Crippen LogP contribution in [0.5, 0.6) is 0 Å². The monoisotopic (exact) mass is 288 g/mol. The number of alkyl halides is 3. The van der Waals surface area contributed by atoms with Gasteiger partial charge < -0.3 is 5.32 Å². The highest BCUT2D eigenvalue weighted by Gasteiger charge is 2.30. The highest BCUT2D eigenvalue weighted by molar-refractivity contribution is 6.30. The van der Waals surface area contributed by atoms with Crippen molar-refractivity contribution in [2.24, 2.45) is 0 Å². The molecule has 0 unspecified atom stereocenters. The van der Waals surface area contributed by atoms with Crippen LogP contribution in [0.15, 0.2) is 24.7 Å². The molecule has 0 aliphatic rings. The Balaban J connectivity index is 2.23. The third-order valence-electron chi connectivity index (χ3n) is 2.36. The average Bonchev–Trinajstić information content (AvgIpc) is 2.35. The smallest absolute Gasteiger partial charge is 0.325 e. The molecule has 2 aromatic heterocycles. The van der Waals surface area contributed by atoms with Crippen LogP contribution in [0.1, 0.15) is 11.1 Å². The van der Waals surface area contributed by atoms with Crippen LogP contribution in [0.2, 0.25) is 5.15 Å². The number of pyridine rings is 1. The molecule has 0 saturated carbocycles. The summed E-state index contributed by atoms with van der Waals surface area (Å²) < 4.78 is 37.1. The minimum atomic E-state index is -4.40. The van der Waals surface area contributed by atoms with E-state index >= 15 is 0 Å². The van der Waals surface area contributed by atoms with E-state index in [1.807, 2.05) is 0 Å². The van der Waals surface area contributed by atoms with Gasteiger partial charge in [0.2, 0.25) is 0 Å². The second-order valence-electron chi connectivity index (χ2n) is 3.69. The molecule has 0 amide bonds. The van der Waals surface area contributed by atoms with Crippen molar-refractivity contribution < 1.29 is 13.2 Å². The van der Waals surface area contributed by atoms with Crippen molar-refractivity contribution in [1.82, 2.24) is 15.0 Å². The first kappa shape index (κ1) is 13.5. The first-order valence-electron chi connectivity index (χ1n) is 5.15. The summed E-state index contributed by atoms with van der Waals surface area (Å²) in [4.78, 5) is 11.4. The number of hydrogen-bond acceptors (Lipinski definition) is 4. The Morgan fingerprint density at radius 1 is 1.16 bits per heavy atom. The van der Waals surface area contributed by atoms with E-state index in [2.05, 4.69) is 20.3 Å². The molecule has 0 aromatic carbocycles. The fraction of sp³-hybridized carbons (Fsp3) is 0.182. The van der Waals surface area contributed by atoms with Gasteiger partial charge in [-0.3, -0.25) is 0 Å². The highest BCUT2D eigenvalue weighted by atomic mass is 35.5. The average molecular weight is 289 g/mol. The van der Waals surface area contributed by atoms with E-state index in [1.165, 1.54) is 12.4 Å². The van der Waals surface area contributed by atoms with E-state index in [1.54, 1.807) is 6.92 Å². The summed E-state index contributed by atoms with van der Waals surface area (Å²) in [6.45, 7) is 1.69. The fourth-order valence-electron chi connectivity index (χ4n) is 1.31. The summed E-state index contributed by atoms with van der Waals surface area (Å²) in [5.74, 6) is 0.637. The van der Waals surface area contributed by atoms with Crippen molar-refractivity contribution in [1.29, 1.82) is 0 Å². The topological polar surface area (TPSA) is 50.7 Å². The number of nitrogens with zero attached hydrogens (tertiary/aromatic N) is 3. The lowest BCUT2D eigenvalue weighted by Crippen LogP contribution is -2.06. The standard InChI is InChI=1S/C11H8ClF3N4/c1-6-9(12)17-5-18-10(6)19-8-3-2-7(4-16-8)11(13,14)15/h2-5H,1H3,(H,16,17,18,19). The normalized spacial score (nSPS) is 11.4. The van der Waals surface area contributed by atoms with Gasteiger partial charge in [-0.1, -0.05) is 11.6 Å². The van der Waals surface area contributed by atoms with Crippen LogP contribution >= 0.6 is 11.6 Å². The van der Waals surface area contributed by atoms with Crippen molar-refractivity contribution in [3.8, 4) is 0 Å². The van der Waals surface area contributed by atoms with E-state index in [4.69, 9.17) is 11.6 Å². The SMILES string of the molecule is Cc1c(Cl)ncnc1Nc1ccc(C(F)(F)F)cn1. The Morgan fingerprint density at radius 3 is 2.47 bits per heavy atom. The molecule has 4 nitrogen and oxygen atoms in total. The quantitative estimate of drug-likeness (QED) is 0.858. The molecule has 0 aliphatic carbocycles. The molecule has 2 rings (SSSR count). The van der Waals surface area contributed by atoms with Gasteiger partial charge in [0.1, 0.15) is 23.1 Å². The zero-order valence-corrected chi connectivity index (χ0v) is 10.4. The molecule has 2 heterocycles. The van der Waals surface area contributed by atoms with Crippen LogP contribution in [-0.4, -0.2) is 15.0 Å². The lowest BCUT2D eigenvalue weighted by molar-refractivity contribution is -0.137. The maximum atomic E-state index is 12.4. The maximum Gasteiger partial charge on any atom is 0.417 e. The van der Waals surface area contributed by atoms with Gasteiger partial charge in [0.05, 0.1) is 5.56 Å². The van der Waals surface area contributed by atoms with E-state index in [0.29, 0.717) is 11.4 Å². The summed E-state index contributed by atoms with van der Waals surface area (Å²) in [6, 6.07) is 2.16. The second-order valence-corrected chi connectivity index (χ2v) is 4.05.